The second-order valence-corrected chi connectivity index (χ2v) is 7.42. The van der Waals surface area contributed by atoms with Crippen molar-refractivity contribution in [2.24, 2.45) is 10.8 Å². The highest BCUT2D eigenvalue weighted by Gasteiger charge is 2.46. The first-order chi connectivity index (χ1) is 8.87. The van der Waals surface area contributed by atoms with E-state index >= 15 is 0 Å². The van der Waals surface area contributed by atoms with E-state index in [1.165, 1.54) is 32.4 Å². The maximum Gasteiger partial charge on any atom is 0.211 e. The molecule has 1 amide bonds. The summed E-state index contributed by atoms with van der Waals surface area (Å²) in [6.45, 7) is 11.7. The Bertz CT molecular complexity index is 365. The van der Waals surface area contributed by atoms with Gasteiger partial charge in [0.05, 0.1) is 0 Å². The van der Waals surface area contributed by atoms with E-state index in [1.807, 2.05) is 0 Å². The molecule has 108 valence electrons. The first-order valence-electron chi connectivity index (χ1n) is 7.53. The van der Waals surface area contributed by atoms with Gasteiger partial charge in [-0.05, 0) is 37.8 Å². The van der Waals surface area contributed by atoms with Crippen molar-refractivity contribution in [3.8, 4) is 0 Å². The number of hydrogen-bond acceptors (Lipinski definition) is 2. The van der Waals surface area contributed by atoms with Crippen molar-refractivity contribution < 1.29 is 4.79 Å². The van der Waals surface area contributed by atoms with Crippen molar-refractivity contribution in [1.29, 1.82) is 0 Å². The Labute approximate surface area is 117 Å². The van der Waals surface area contributed by atoms with Crippen LogP contribution in [0.5, 0.6) is 0 Å². The van der Waals surface area contributed by atoms with E-state index in [1.54, 1.807) is 0 Å². The predicted octanol–water partition coefficient (Wildman–Crippen LogP) is 2.93. The third-order valence-electron chi connectivity index (χ3n) is 4.64. The monoisotopic (exact) mass is 264 g/mol. The second-order valence-electron chi connectivity index (χ2n) is 7.42. The number of rotatable bonds is 3. The molecule has 0 saturated carbocycles. The normalized spacial score (nSPS) is 30.5. The van der Waals surface area contributed by atoms with Gasteiger partial charge >= 0.3 is 0 Å². The Hall–Kier alpha value is -0.830. The number of carbonyl (C=O) groups excluding carboxylic acids is 1. The average Bonchev–Trinajstić information content (AvgIpc) is 2.27. The van der Waals surface area contributed by atoms with Gasteiger partial charge < -0.3 is 5.32 Å². The molecule has 1 N–H and O–H groups in total. The Morgan fingerprint density at radius 2 is 1.84 bits per heavy atom. The summed E-state index contributed by atoms with van der Waals surface area (Å²) in [5.74, 6) is 0. The Kier molecular flexibility index (Phi) is 4.05. The molecule has 1 heterocycles. The topological polar surface area (TPSA) is 32.3 Å². The number of amides is 1. The summed E-state index contributed by atoms with van der Waals surface area (Å²) in [6.07, 6.45) is 8.05. The zero-order valence-electron chi connectivity index (χ0n) is 12.8. The van der Waals surface area contributed by atoms with Gasteiger partial charge in [-0.2, -0.15) is 0 Å². The molecular weight excluding hydrogens is 236 g/mol. The zero-order chi connectivity index (χ0) is 14.1. The number of hydrogen-bond donors (Lipinski definition) is 1. The largest absolute Gasteiger partial charge is 0.333 e. The van der Waals surface area contributed by atoms with E-state index in [2.05, 4.69) is 44.0 Å². The molecule has 1 fully saturated rings. The van der Waals surface area contributed by atoms with E-state index in [4.69, 9.17) is 0 Å². The van der Waals surface area contributed by atoms with Crippen LogP contribution in [0.3, 0.4) is 0 Å². The van der Waals surface area contributed by atoms with Crippen molar-refractivity contribution in [2.45, 2.75) is 59.4 Å². The zero-order valence-corrected chi connectivity index (χ0v) is 12.8. The number of nitrogens with one attached hydrogen (secondary N) is 1. The number of nitrogens with zero attached hydrogens (tertiary/aromatic N) is 1. The highest BCUT2D eigenvalue weighted by Crippen LogP contribution is 2.47. The summed E-state index contributed by atoms with van der Waals surface area (Å²) < 4.78 is 0. The molecule has 19 heavy (non-hydrogen) atoms. The van der Waals surface area contributed by atoms with Crippen LogP contribution >= 0.6 is 0 Å². The van der Waals surface area contributed by atoms with Gasteiger partial charge in [-0.3, -0.25) is 9.69 Å². The van der Waals surface area contributed by atoms with E-state index < -0.39 is 0 Å². The second kappa shape index (κ2) is 5.28. The maximum atomic E-state index is 10.7. The van der Waals surface area contributed by atoms with Gasteiger partial charge in [-0.1, -0.05) is 40.2 Å². The molecule has 1 unspecified atom stereocenters. The van der Waals surface area contributed by atoms with Crippen LogP contribution < -0.4 is 5.32 Å². The summed E-state index contributed by atoms with van der Waals surface area (Å²) in [6, 6.07) is 0.553. The molecule has 1 aliphatic heterocycles. The van der Waals surface area contributed by atoms with Gasteiger partial charge in [0.15, 0.2) is 0 Å². The van der Waals surface area contributed by atoms with E-state index in [0.717, 1.165) is 18.5 Å². The number of allylic oxidation sites excluding steroid dienone is 1. The van der Waals surface area contributed by atoms with Gasteiger partial charge in [0.25, 0.3) is 0 Å². The summed E-state index contributed by atoms with van der Waals surface area (Å²) in [5.41, 5.74) is 1.38. The standard InChI is InChI=1S/C16H28N2O/c1-15(2)10-13(17-12-19)11-16(3,4)14(15)18-8-6-5-7-9-18/h10,12,14H,5-9,11H2,1-4H3,(H,17,19). The van der Waals surface area contributed by atoms with E-state index in [0.29, 0.717) is 6.04 Å². The summed E-state index contributed by atoms with van der Waals surface area (Å²) in [4.78, 5) is 13.4. The van der Waals surface area contributed by atoms with Crippen LogP contribution in [0.2, 0.25) is 0 Å². The molecule has 0 aromatic heterocycles. The van der Waals surface area contributed by atoms with Crippen LogP contribution in [0, 0.1) is 10.8 Å². The van der Waals surface area contributed by atoms with Gasteiger partial charge in [0.2, 0.25) is 6.41 Å². The molecule has 0 aromatic rings. The minimum Gasteiger partial charge on any atom is -0.333 e. The molecule has 1 saturated heterocycles. The fourth-order valence-electron chi connectivity index (χ4n) is 4.48. The highest BCUT2D eigenvalue weighted by atomic mass is 16.1. The summed E-state index contributed by atoms with van der Waals surface area (Å²) in [7, 11) is 0. The van der Waals surface area contributed by atoms with Crippen LogP contribution in [0.1, 0.15) is 53.4 Å². The lowest BCUT2D eigenvalue weighted by Crippen LogP contribution is -2.57. The van der Waals surface area contributed by atoms with Gasteiger partial charge in [0.1, 0.15) is 0 Å². The molecule has 0 radical (unpaired) electrons. The Morgan fingerprint density at radius 1 is 1.21 bits per heavy atom. The lowest BCUT2D eigenvalue weighted by atomic mass is 9.62. The Balaban J connectivity index is 2.27. The summed E-state index contributed by atoms with van der Waals surface area (Å²) in [5, 5.41) is 2.88. The first-order valence-corrected chi connectivity index (χ1v) is 7.53. The van der Waals surface area contributed by atoms with Crippen LogP contribution in [-0.2, 0) is 4.79 Å². The van der Waals surface area contributed by atoms with E-state index in [-0.39, 0.29) is 10.8 Å². The molecule has 0 spiro atoms. The molecule has 1 aliphatic carbocycles. The molecule has 0 bridgehead atoms. The molecule has 2 rings (SSSR count). The molecule has 2 aliphatic rings. The predicted molar refractivity (Wildman–Crippen MR) is 78.7 cm³/mol. The third kappa shape index (κ3) is 3.02. The Morgan fingerprint density at radius 3 is 2.37 bits per heavy atom. The number of carbonyl (C=O) groups is 1. The number of likely N-dealkylation sites (tertiary alicyclic amines) is 1. The summed E-state index contributed by atoms with van der Waals surface area (Å²) >= 11 is 0. The van der Waals surface area contributed by atoms with Crippen LogP contribution in [0.4, 0.5) is 0 Å². The maximum absolute atomic E-state index is 10.7. The van der Waals surface area contributed by atoms with Crippen molar-refractivity contribution in [1.82, 2.24) is 10.2 Å². The van der Waals surface area contributed by atoms with E-state index in [9.17, 15) is 4.79 Å². The lowest BCUT2D eigenvalue weighted by molar-refractivity contribution is -0.109. The van der Waals surface area contributed by atoms with Gasteiger partial charge in [-0.25, -0.2) is 0 Å². The third-order valence-corrected chi connectivity index (χ3v) is 4.64. The fraction of sp³-hybridized carbons (Fsp3) is 0.812. The molecular formula is C16H28N2O. The average molecular weight is 264 g/mol. The number of piperidine rings is 1. The molecule has 1 atom stereocenters. The molecule has 3 nitrogen and oxygen atoms in total. The van der Waals surface area contributed by atoms with Gasteiger partial charge in [0, 0.05) is 17.2 Å². The quantitative estimate of drug-likeness (QED) is 0.795. The van der Waals surface area contributed by atoms with Crippen molar-refractivity contribution in [2.75, 3.05) is 13.1 Å². The van der Waals surface area contributed by atoms with Crippen LogP contribution in [-0.4, -0.2) is 30.4 Å². The minimum atomic E-state index is 0.102. The van der Waals surface area contributed by atoms with Crippen LogP contribution in [0.15, 0.2) is 11.8 Å². The van der Waals surface area contributed by atoms with Crippen molar-refractivity contribution in [3.63, 3.8) is 0 Å². The van der Waals surface area contributed by atoms with Crippen molar-refractivity contribution >= 4 is 6.41 Å². The first kappa shape index (κ1) is 14.6. The van der Waals surface area contributed by atoms with Crippen LogP contribution in [0.25, 0.3) is 0 Å². The molecule has 0 aromatic carbocycles. The van der Waals surface area contributed by atoms with Gasteiger partial charge in [-0.15, -0.1) is 0 Å². The minimum absolute atomic E-state index is 0.102. The fourth-order valence-corrected chi connectivity index (χ4v) is 4.48. The highest BCUT2D eigenvalue weighted by molar-refractivity contribution is 5.50. The SMILES string of the molecule is CC1(C)C=C(NC=O)CC(C)(C)C1N1CCCCC1. The smallest absolute Gasteiger partial charge is 0.211 e. The molecule has 3 heteroatoms. The lowest BCUT2D eigenvalue weighted by Gasteiger charge is -2.53. The van der Waals surface area contributed by atoms with Crippen molar-refractivity contribution in [3.05, 3.63) is 11.8 Å².